The maximum Gasteiger partial charge on any atom is 0.410 e. The molecule has 0 aliphatic heterocycles. The predicted molar refractivity (Wildman–Crippen MR) is 101 cm³/mol. The Morgan fingerprint density at radius 3 is 1.92 bits per heavy atom. The fourth-order valence-corrected chi connectivity index (χ4v) is 2.24. The van der Waals surface area contributed by atoms with E-state index in [1.54, 1.807) is 19.1 Å². The van der Waals surface area contributed by atoms with E-state index in [9.17, 15) is 4.79 Å². The lowest BCUT2D eigenvalue weighted by Crippen LogP contribution is -2.49. The molecule has 6 heteroatoms. The standard InChI is InChI=1S/C19H32N2O4/c1-18(2,3)21(17(22)25-19(4,5)6)10-9-20-14-11-15(23-7)13-16(12-14)24-8/h11-13,20H,9-10H2,1-8H3. The van der Waals surface area contributed by atoms with E-state index in [-0.39, 0.29) is 11.6 Å². The molecular formula is C19H32N2O4. The first kappa shape index (κ1) is 20.9. The molecule has 1 amide bonds. The number of carbonyl (C=O) groups is 1. The molecule has 6 nitrogen and oxygen atoms in total. The van der Waals surface area contributed by atoms with Gasteiger partial charge in [-0.1, -0.05) is 0 Å². The van der Waals surface area contributed by atoms with Crippen LogP contribution in [0.5, 0.6) is 11.5 Å². The molecule has 0 bridgehead atoms. The highest BCUT2D eigenvalue weighted by Crippen LogP contribution is 2.26. The van der Waals surface area contributed by atoms with Crippen molar-refractivity contribution in [3.63, 3.8) is 0 Å². The SMILES string of the molecule is COc1cc(NCCN(C(=O)OC(C)(C)C)C(C)(C)C)cc(OC)c1. The fourth-order valence-electron chi connectivity index (χ4n) is 2.24. The molecule has 0 saturated heterocycles. The summed E-state index contributed by atoms with van der Waals surface area (Å²) < 4.78 is 16.1. The van der Waals surface area contributed by atoms with Crippen molar-refractivity contribution in [2.45, 2.75) is 52.7 Å². The van der Waals surface area contributed by atoms with Gasteiger partial charge in [-0.25, -0.2) is 4.79 Å². The molecule has 1 rings (SSSR count). The van der Waals surface area contributed by atoms with Crippen molar-refractivity contribution in [1.29, 1.82) is 0 Å². The van der Waals surface area contributed by atoms with Crippen molar-refractivity contribution in [3.8, 4) is 11.5 Å². The summed E-state index contributed by atoms with van der Waals surface area (Å²) in [6, 6.07) is 5.59. The maximum absolute atomic E-state index is 12.5. The highest BCUT2D eigenvalue weighted by Gasteiger charge is 2.30. The second kappa shape index (κ2) is 8.32. The predicted octanol–water partition coefficient (Wildman–Crippen LogP) is 4.15. The van der Waals surface area contributed by atoms with Crippen LogP contribution < -0.4 is 14.8 Å². The highest BCUT2D eigenvalue weighted by atomic mass is 16.6. The van der Waals surface area contributed by atoms with E-state index in [1.165, 1.54) is 0 Å². The quantitative estimate of drug-likeness (QED) is 0.833. The number of hydrogen-bond donors (Lipinski definition) is 1. The molecule has 0 radical (unpaired) electrons. The number of nitrogens with zero attached hydrogens (tertiary/aromatic N) is 1. The minimum atomic E-state index is -0.520. The van der Waals surface area contributed by atoms with Crippen LogP contribution in [0.4, 0.5) is 10.5 Å². The number of methoxy groups -OCH3 is 2. The molecule has 0 aromatic heterocycles. The molecule has 1 aromatic carbocycles. The molecule has 1 N–H and O–H groups in total. The minimum absolute atomic E-state index is 0.315. The molecule has 0 unspecified atom stereocenters. The zero-order valence-electron chi connectivity index (χ0n) is 16.7. The van der Waals surface area contributed by atoms with Gasteiger partial charge in [-0.2, -0.15) is 0 Å². The molecule has 1 aromatic rings. The molecule has 0 spiro atoms. The van der Waals surface area contributed by atoms with Gasteiger partial charge in [0, 0.05) is 42.5 Å². The van der Waals surface area contributed by atoms with Gasteiger partial charge in [0.1, 0.15) is 17.1 Å². The Morgan fingerprint density at radius 2 is 1.52 bits per heavy atom. The third-order valence-electron chi connectivity index (χ3n) is 3.44. The summed E-state index contributed by atoms with van der Waals surface area (Å²) in [6.07, 6.45) is -0.315. The zero-order chi connectivity index (χ0) is 19.3. The van der Waals surface area contributed by atoms with Gasteiger partial charge < -0.3 is 24.4 Å². The molecule has 142 valence electrons. The van der Waals surface area contributed by atoms with Crippen molar-refractivity contribution in [1.82, 2.24) is 4.90 Å². The zero-order valence-corrected chi connectivity index (χ0v) is 16.7. The molecular weight excluding hydrogens is 320 g/mol. The molecule has 0 aliphatic rings. The normalized spacial score (nSPS) is 11.7. The summed E-state index contributed by atoms with van der Waals surface area (Å²) in [6.45, 7) is 12.7. The Hall–Kier alpha value is -2.11. The first-order valence-corrected chi connectivity index (χ1v) is 8.44. The summed E-state index contributed by atoms with van der Waals surface area (Å²) in [5.74, 6) is 1.42. The first-order valence-electron chi connectivity index (χ1n) is 8.44. The lowest BCUT2D eigenvalue weighted by Gasteiger charge is -2.37. The summed E-state index contributed by atoms with van der Waals surface area (Å²) in [5, 5.41) is 3.30. The summed E-state index contributed by atoms with van der Waals surface area (Å²) in [5.41, 5.74) is 0.0128. The van der Waals surface area contributed by atoms with Crippen molar-refractivity contribution < 1.29 is 19.0 Å². The van der Waals surface area contributed by atoms with E-state index >= 15 is 0 Å². The van der Waals surface area contributed by atoms with Crippen LogP contribution in [0, 0.1) is 0 Å². The lowest BCUT2D eigenvalue weighted by molar-refractivity contribution is 0.00749. The smallest absolute Gasteiger partial charge is 0.410 e. The minimum Gasteiger partial charge on any atom is -0.497 e. The van der Waals surface area contributed by atoms with E-state index < -0.39 is 5.60 Å². The number of hydrogen-bond acceptors (Lipinski definition) is 5. The van der Waals surface area contributed by atoms with Gasteiger partial charge in [0.25, 0.3) is 0 Å². The van der Waals surface area contributed by atoms with Crippen molar-refractivity contribution in [2.24, 2.45) is 0 Å². The number of nitrogens with one attached hydrogen (secondary N) is 1. The monoisotopic (exact) mass is 352 g/mol. The van der Waals surface area contributed by atoms with Gasteiger partial charge in [-0.15, -0.1) is 0 Å². The Morgan fingerprint density at radius 1 is 1.00 bits per heavy atom. The van der Waals surface area contributed by atoms with Gasteiger partial charge >= 0.3 is 6.09 Å². The number of benzene rings is 1. The summed E-state index contributed by atoms with van der Waals surface area (Å²) in [7, 11) is 3.23. The van der Waals surface area contributed by atoms with Crippen molar-refractivity contribution >= 4 is 11.8 Å². The molecule has 25 heavy (non-hydrogen) atoms. The van der Waals surface area contributed by atoms with Crippen molar-refractivity contribution in [3.05, 3.63) is 18.2 Å². The van der Waals surface area contributed by atoms with Gasteiger partial charge in [0.15, 0.2) is 0 Å². The number of anilines is 1. The second-order valence-electron chi connectivity index (χ2n) is 7.83. The van der Waals surface area contributed by atoms with Crippen LogP contribution in [-0.4, -0.2) is 49.4 Å². The first-order chi connectivity index (χ1) is 11.5. The van der Waals surface area contributed by atoms with E-state index in [2.05, 4.69) is 5.32 Å². The van der Waals surface area contributed by atoms with Crippen LogP contribution in [-0.2, 0) is 4.74 Å². The van der Waals surface area contributed by atoms with Gasteiger partial charge in [0.2, 0.25) is 0 Å². The van der Waals surface area contributed by atoms with E-state index in [0.29, 0.717) is 24.6 Å². The highest BCUT2D eigenvalue weighted by molar-refractivity contribution is 5.69. The fraction of sp³-hybridized carbons (Fsp3) is 0.632. The van der Waals surface area contributed by atoms with Crippen LogP contribution in [0.3, 0.4) is 0 Å². The number of carbonyl (C=O) groups excluding carboxylic acids is 1. The van der Waals surface area contributed by atoms with Crippen LogP contribution in [0.2, 0.25) is 0 Å². The Balaban J connectivity index is 2.77. The van der Waals surface area contributed by atoms with Crippen LogP contribution in [0.1, 0.15) is 41.5 Å². The Kier molecular flexibility index (Phi) is 6.96. The van der Waals surface area contributed by atoms with Crippen LogP contribution >= 0.6 is 0 Å². The van der Waals surface area contributed by atoms with Gasteiger partial charge in [-0.05, 0) is 41.5 Å². The average molecular weight is 352 g/mol. The van der Waals surface area contributed by atoms with Gasteiger partial charge in [0.05, 0.1) is 14.2 Å². The number of rotatable bonds is 6. The van der Waals surface area contributed by atoms with Crippen molar-refractivity contribution in [2.75, 3.05) is 32.6 Å². The summed E-state index contributed by atoms with van der Waals surface area (Å²) >= 11 is 0. The van der Waals surface area contributed by atoms with Crippen LogP contribution in [0.15, 0.2) is 18.2 Å². The molecule has 0 aliphatic carbocycles. The largest absolute Gasteiger partial charge is 0.497 e. The van der Waals surface area contributed by atoms with Gasteiger partial charge in [-0.3, -0.25) is 0 Å². The molecule has 0 atom stereocenters. The average Bonchev–Trinajstić information content (AvgIpc) is 2.47. The maximum atomic E-state index is 12.5. The van der Waals surface area contributed by atoms with Crippen LogP contribution in [0.25, 0.3) is 0 Å². The van der Waals surface area contributed by atoms with E-state index in [1.807, 2.05) is 59.7 Å². The third kappa shape index (κ3) is 7.11. The second-order valence-corrected chi connectivity index (χ2v) is 7.83. The van der Waals surface area contributed by atoms with E-state index in [4.69, 9.17) is 14.2 Å². The Labute approximate surface area is 151 Å². The lowest BCUT2D eigenvalue weighted by atomic mass is 10.1. The third-order valence-corrected chi connectivity index (χ3v) is 3.44. The summed E-state index contributed by atoms with van der Waals surface area (Å²) in [4.78, 5) is 14.2. The number of ether oxygens (including phenoxy) is 3. The Bertz CT molecular complexity index is 552. The van der Waals surface area contributed by atoms with E-state index in [0.717, 1.165) is 5.69 Å². The molecule has 0 heterocycles. The number of amides is 1. The molecule has 0 saturated carbocycles. The topological polar surface area (TPSA) is 60.0 Å². The molecule has 0 fully saturated rings.